The number of aryl methyl sites for hydroxylation is 1. The average Bonchev–Trinajstić information content (AvgIpc) is 2.62. The highest BCUT2D eigenvalue weighted by molar-refractivity contribution is 6.03. The maximum atomic E-state index is 12.6. The van der Waals surface area contributed by atoms with Crippen LogP contribution in [0, 0.1) is 6.92 Å². The van der Waals surface area contributed by atoms with Gasteiger partial charge in [-0.2, -0.15) is 13.2 Å². The summed E-state index contributed by atoms with van der Waals surface area (Å²) in [5.74, 6) is -0.0913. The molecule has 5 nitrogen and oxygen atoms in total. The molecule has 1 amide bonds. The van der Waals surface area contributed by atoms with E-state index < -0.39 is 17.6 Å². The lowest BCUT2D eigenvalue weighted by Gasteiger charge is -2.23. The van der Waals surface area contributed by atoms with Crippen LogP contribution in [0.25, 0.3) is 0 Å². The lowest BCUT2D eigenvalue weighted by atomic mass is 9.96. The van der Waals surface area contributed by atoms with Gasteiger partial charge in [0.05, 0.1) is 5.56 Å². The van der Waals surface area contributed by atoms with Crippen molar-refractivity contribution in [1.29, 1.82) is 0 Å². The van der Waals surface area contributed by atoms with Gasteiger partial charge < -0.3 is 10.6 Å². The maximum absolute atomic E-state index is 12.6. The van der Waals surface area contributed by atoms with Gasteiger partial charge in [0.25, 0.3) is 5.91 Å². The van der Waals surface area contributed by atoms with E-state index in [0.29, 0.717) is 17.7 Å². The summed E-state index contributed by atoms with van der Waals surface area (Å²) >= 11 is 0. The second-order valence-corrected chi connectivity index (χ2v) is 6.73. The minimum atomic E-state index is -4.41. The Morgan fingerprint density at radius 3 is 2.37 bits per heavy atom. The first kappa shape index (κ1) is 19.1. The van der Waals surface area contributed by atoms with Crippen molar-refractivity contribution in [2.45, 2.75) is 51.2 Å². The Balaban J connectivity index is 1.70. The zero-order valence-electron chi connectivity index (χ0n) is 14.9. The molecule has 0 unspecified atom stereocenters. The summed E-state index contributed by atoms with van der Waals surface area (Å²) in [4.78, 5) is 21.0. The third kappa shape index (κ3) is 5.18. The fourth-order valence-electron chi connectivity index (χ4n) is 3.12. The number of alkyl halides is 3. The Labute approximate surface area is 155 Å². The van der Waals surface area contributed by atoms with Gasteiger partial charge in [0, 0.05) is 17.4 Å². The molecule has 0 bridgehead atoms. The molecule has 8 heteroatoms. The normalized spacial score (nSPS) is 15.4. The van der Waals surface area contributed by atoms with Gasteiger partial charge in [-0.3, -0.25) is 4.79 Å². The van der Waals surface area contributed by atoms with Crippen LogP contribution in [0.3, 0.4) is 0 Å². The van der Waals surface area contributed by atoms with E-state index in [9.17, 15) is 18.0 Å². The number of amides is 1. The quantitative estimate of drug-likeness (QED) is 0.802. The summed E-state index contributed by atoms with van der Waals surface area (Å²) in [6, 6.07) is 6.14. The highest BCUT2D eigenvalue weighted by Crippen LogP contribution is 2.30. The molecule has 27 heavy (non-hydrogen) atoms. The maximum Gasteiger partial charge on any atom is 0.416 e. The second kappa shape index (κ2) is 7.94. The SMILES string of the molecule is Cc1cc(C(=O)Nc2ccc(C(F)(F)F)cc2)nc(NC2CCCCC2)n1. The molecule has 1 aromatic heterocycles. The number of carbonyl (C=O) groups excluding carboxylic acids is 1. The lowest BCUT2D eigenvalue weighted by molar-refractivity contribution is -0.137. The molecular formula is C19H21F3N4O. The molecule has 0 radical (unpaired) electrons. The summed E-state index contributed by atoms with van der Waals surface area (Å²) in [6.45, 7) is 1.77. The summed E-state index contributed by atoms with van der Waals surface area (Å²) in [5, 5.41) is 5.85. The van der Waals surface area contributed by atoms with Crippen LogP contribution in [-0.4, -0.2) is 21.9 Å². The van der Waals surface area contributed by atoms with E-state index in [1.165, 1.54) is 18.6 Å². The number of anilines is 2. The molecule has 144 valence electrons. The van der Waals surface area contributed by atoms with Crippen LogP contribution in [0.1, 0.15) is 53.8 Å². The van der Waals surface area contributed by atoms with Crippen LogP contribution in [-0.2, 0) is 6.18 Å². The minimum Gasteiger partial charge on any atom is -0.351 e. The van der Waals surface area contributed by atoms with E-state index in [0.717, 1.165) is 37.8 Å². The summed E-state index contributed by atoms with van der Waals surface area (Å²) < 4.78 is 37.9. The third-order valence-electron chi connectivity index (χ3n) is 4.50. The van der Waals surface area contributed by atoms with Gasteiger partial charge in [-0.25, -0.2) is 9.97 Å². The molecule has 1 aliphatic rings. The molecule has 0 saturated heterocycles. The van der Waals surface area contributed by atoms with Gasteiger partial charge in [0.15, 0.2) is 0 Å². The van der Waals surface area contributed by atoms with Crippen molar-refractivity contribution in [3.8, 4) is 0 Å². The van der Waals surface area contributed by atoms with Crippen LogP contribution in [0.2, 0.25) is 0 Å². The standard InChI is InChI=1S/C19H21F3N4O/c1-12-11-16(26-18(23-12)25-14-5-3-2-4-6-14)17(27)24-15-9-7-13(8-10-15)19(20,21)22/h7-11,14H,2-6H2,1H3,(H,24,27)(H,23,25,26). The van der Waals surface area contributed by atoms with Gasteiger partial charge in [0.1, 0.15) is 5.69 Å². The van der Waals surface area contributed by atoms with Crippen LogP contribution >= 0.6 is 0 Å². The van der Waals surface area contributed by atoms with Crippen LogP contribution in [0.5, 0.6) is 0 Å². The molecule has 3 rings (SSSR count). The van der Waals surface area contributed by atoms with Gasteiger partial charge >= 0.3 is 6.18 Å². The zero-order valence-corrected chi connectivity index (χ0v) is 14.9. The first-order chi connectivity index (χ1) is 12.8. The number of hydrogen-bond acceptors (Lipinski definition) is 4. The van der Waals surface area contributed by atoms with Crippen molar-refractivity contribution in [3.63, 3.8) is 0 Å². The Hall–Kier alpha value is -2.64. The average molecular weight is 378 g/mol. The summed E-state index contributed by atoms with van der Waals surface area (Å²) in [7, 11) is 0. The van der Waals surface area contributed by atoms with Crippen molar-refractivity contribution in [2.75, 3.05) is 10.6 Å². The Kier molecular flexibility index (Phi) is 5.62. The predicted octanol–water partition coefficient (Wildman–Crippen LogP) is 4.80. The highest BCUT2D eigenvalue weighted by Gasteiger charge is 2.30. The van der Waals surface area contributed by atoms with Crippen LogP contribution in [0.4, 0.5) is 24.8 Å². The Morgan fingerprint density at radius 1 is 1.07 bits per heavy atom. The number of aromatic nitrogens is 2. The smallest absolute Gasteiger partial charge is 0.351 e. The number of benzene rings is 1. The van der Waals surface area contributed by atoms with Gasteiger partial charge in [-0.05, 0) is 50.1 Å². The van der Waals surface area contributed by atoms with E-state index in [2.05, 4.69) is 20.6 Å². The first-order valence-electron chi connectivity index (χ1n) is 8.92. The highest BCUT2D eigenvalue weighted by atomic mass is 19.4. The molecule has 2 aromatic rings. The molecular weight excluding hydrogens is 357 g/mol. The molecule has 0 spiro atoms. The van der Waals surface area contributed by atoms with Gasteiger partial charge in [-0.15, -0.1) is 0 Å². The van der Waals surface area contributed by atoms with E-state index >= 15 is 0 Å². The predicted molar refractivity (Wildman–Crippen MR) is 96.7 cm³/mol. The topological polar surface area (TPSA) is 66.9 Å². The van der Waals surface area contributed by atoms with Gasteiger partial charge in [0.2, 0.25) is 5.95 Å². The van der Waals surface area contributed by atoms with E-state index in [1.54, 1.807) is 13.0 Å². The summed E-state index contributed by atoms with van der Waals surface area (Å²) in [5.41, 5.74) is 0.310. The fourth-order valence-corrected chi connectivity index (χ4v) is 3.12. The number of carbonyl (C=O) groups is 1. The van der Waals surface area contributed by atoms with E-state index in [4.69, 9.17) is 0 Å². The molecule has 1 fully saturated rings. The van der Waals surface area contributed by atoms with E-state index in [-0.39, 0.29) is 11.4 Å². The lowest BCUT2D eigenvalue weighted by Crippen LogP contribution is -2.24. The molecule has 1 aliphatic carbocycles. The third-order valence-corrected chi connectivity index (χ3v) is 4.50. The Bertz CT molecular complexity index is 800. The number of hydrogen-bond donors (Lipinski definition) is 2. The van der Waals surface area contributed by atoms with Crippen LogP contribution < -0.4 is 10.6 Å². The van der Waals surface area contributed by atoms with Gasteiger partial charge in [-0.1, -0.05) is 19.3 Å². The Morgan fingerprint density at radius 2 is 1.74 bits per heavy atom. The number of nitrogens with one attached hydrogen (secondary N) is 2. The molecule has 2 N–H and O–H groups in total. The molecule has 0 aliphatic heterocycles. The van der Waals surface area contributed by atoms with Crippen molar-refractivity contribution < 1.29 is 18.0 Å². The molecule has 1 saturated carbocycles. The zero-order chi connectivity index (χ0) is 19.4. The fraction of sp³-hybridized carbons (Fsp3) is 0.421. The van der Waals surface area contributed by atoms with E-state index in [1.807, 2.05) is 0 Å². The first-order valence-corrected chi connectivity index (χ1v) is 8.92. The number of rotatable bonds is 4. The minimum absolute atomic E-state index is 0.167. The van der Waals surface area contributed by atoms with Crippen LogP contribution in [0.15, 0.2) is 30.3 Å². The van der Waals surface area contributed by atoms with Crippen molar-refractivity contribution in [2.24, 2.45) is 0 Å². The van der Waals surface area contributed by atoms with Crippen molar-refractivity contribution in [1.82, 2.24) is 9.97 Å². The monoisotopic (exact) mass is 378 g/mol. The molecule has 0 atom stereocenters. The number of nitrogens with zero attached hydrogens (tertiary/aromatic N) is 2. The second-order valence-electron chi connectivity index (χ2n) is 6.73. The largest absolute Gasteiger partial charge is 0.416 e. The number of halogens is 3. The molecule has 1 aromatic carbocycles. The summed E-state index contributed by atoms with van der Waals surface area (Å²) in [6.07, 6.45) is 1.23. The van der Waals surface area contributed by atoms with Crippen molar-refractivity contribution >= 4 is 17.5 Å². The van der Waals surface area contributed by atoms with Crippen molar-refractivity contribution in [3.05, 3.63) is 47.3 Å². The molecule has 1 heterocycles.